The van der Waals surface area contributed by atoms with Crippen molar-refractivity contribution in [1.82, 2.24) is 5.32 Å². The van der Waals surface area contributed by atoms with E-state index >= 15 is 0 Å². The van der Waals surface area contributed by atoms with Gasteiger partial charge in [0.2, 0.25) is 5.91 Å². The first kappa shape index (κ1) is 29.6. The normalized spacial score (nSPS) is 10.9. The van der Waals surface area contributed by atoms with E-state index in [0.29, 0.717) is 29.3 Å². The summed E-state index contributed by atoms with van der Waals surface area (Å²) in [6.07, 6.45) is 1.62. The number of anilines is 2. The number of rotatable bonds is 11. The minimum absolute atomic E-state index is 0.101. The van der Waals surface area contributed by atoms with Crippen LogP contribution >= 0.6 is 27.7 Å². The van der Waals surface area contributed by atoms with Gasteiger partial charge in [0, 0.05) is 20.6 Å². The molecule has 0 spiro atoms. The summed E-state index contributed by atoms with van der Waals surface area (Å²) in [5, 5.41) is 8.45. The maximum atomic E-state index is 13.2. The molecule has 9 heteroatoms. The number of amides is 3. The number of benzene rings is 4. The molecule has 4 aromatic carbocycles. The number of halogens is 1. The molecule has 0 saturated carbocycles. The first-order valence-electron chi connectivity index (χ1n) is 12.8. The molecule has 4 rings (SSSR count). The lowest BCUT2D eigenvalue weighted by Gasteiger charge is -2.12. The molecule has 7 nitrogen and oxygen atoms in total. The Balaban J connectivity index is 1.39. The van der Waals surface area contributed by atoms with Crippen LogP contribution in [0.15, 0.2) is 118 Å². The molecule has 0 radical (unpaired) electrons. The highest BCUT2D eigenvalue weighted by molar-refractivity contribution is 9.10. The third-order valence-corrected chi connectivity index (χ3v) is 7.19. The number of hydrogen-bond donors (Lipinski definition) is 3. The van der Waals surface area contributed by atoms with E-state index in [1.807, 2.05) is 67.6 Å². The molecule has 4 aromatic rings. The Hall–Kier alpha value is -4.34. The smallest absolute Gasteiger partial charge is 0.272 e. The Bertz CT molecular complexity index is 1530. The van der Waals surface area contributed by atoms with Crippen molar-refractivity contribution in [3.63, 3.8) is 0 Å². The SMILES string of the molecule is CCOc1ccccc1NC(=O)CSc1ccc(NC(=O)/C(=C/c2ccc(Br)cc2)NC(=O)c2ccccc2)cc1. The third kappa shape index (κ3) is 9.09. The van der Waals surface area contributed by atoms with Crippen molar-refractivity contribution < 1.29 is 19.1 Å². The maximum absolute atomic E-state index is 13.2. The molecular formula is C32H28BrN3O4S. The molecule has 208 valence electrons. The Morgan fingerprint density at radius 3 is 2.22 bits per heavy atom. The van der Waals surface area contributed by atoms with Crippen molar-refractivity contribution in [2.45, 2.75) is 11.8 Å². The minimum Gasteiger partial charge on any atom is -0.492 e. The van der Waals surface area contributed by atoms with Crippen LogP contribution < -0.4 is 20.7 Å². The number of thioether (sulfide) groups is 1. The molecule has 0 aromatic heterocycles. The van der Waals surface area contributed by atoms with Crippen LogP contribution in [0.1, 0.15) is 22.8 Å². The van der Waals surface area contributed by atoms with E-state index in [1.165, 1.54) is 11.8 Å². The van der Waals surface area contributed by atoms with Gasteiger partial charge in [-0.15, -0.1) is 11.8 Å². The van der Waals surface area contributed by atoms with Crippen molar-refractivity contribution in [2.24, 2.45) is 0 Å². The topological polar surface area (TPSA) is 96.5 Å². The lowest BCUT2D eigenvalue weighted by atomic mass is 10.1. The zero-order valence-corrected chi connectivity index (χ0v) is 24.6. The predicted octanol–water partition coefficient (Wildman–Crippen LogP) is 6.99. The molecule has 0 fully saturated rings. The minimum atomic E-state index is -0.468. The van der Waals surface area contributed by atoms with E-state index in [4.69, 9.17) is 4.74 Å². The highest BCUT2D eigenvalue weighted by atomic mass is 79.9. The standard InChI is InChI=1S/C32H28BrN3O4S/c1-2-40-29-11-7-6-10-27(29)35-30(37)21-41-26-18-16-25(17-19-26)34-32(39)28(20-22-12-14-24(33)15-13-22)36-31(38)23-8-4-3-5-9-23/h3-20H,2,21H2,1H3,(H,34,39)(H,35,37)(H,36,38)/b28-20-. The molecule has 3 N–H and O–H groups in total. The van der Waals surface area contributed by atoms with E-state index in [9.17, 15) is 14.4 Å². The van der Waals surface area contributed by atoms with Gasteiger partial charge in [0.1, 0.15) is 11.4 Å². The zero-order chi connectivity index (χ0) is 29.0. The second kappa shape index (κ2) is 14.9. The van der Waals surface area contributed by atoms with Crippen LogP contribution in [-0.2, 0) is 9.59 Å². The highest BCUT2D eigenvalue weighted by Gasteiger charge is 2.15. The number of para-hydroxylation sites is 2. The summed E-state index contributed by atoms with van der Waals surface area (Å²) < 4.78 is 6.46. The fourth-order valence-corrected chi connectivity index (χ4v) is 4.65. The zero-order valence-electron chi connectivity index (χ0n) is 22.2. The van der Waals surface area contributed by atoms with Gasteiger partial charge in [-0.3, -0.25) is 14.4 Å². The summed E-state index contributed by atoms with van der Waals surface area (Å²) in [6.45, 7) is 2.40. The Labute approximate surface area is 251 Å². The molecule has 0 atom stereocenters. The van der Waals surface area contributed by atoms with Gasteiger partial charge in [-0.2, -0.15) is 0 Å². The van der Waals surface area contributed by atoms with Crippen molar-refractivity contribution in [2.75, 3.05) is 23.0 Å². The predicted molar refractivity (Wildman–Crippen MR) is 168 cm³/mol. The van der Waals surface area contributed by atoms with Crippen LogP contribution in [0.25, 0.3) is 6.08 Å². The number of hydrogen-bond acceptors (Lipinski definition) is 5. The first-order chi connectivity index (χ1) is 19.9. The summed E-state index contributed by atoms with van der Waals surface area (Å²) in [4.78, 5) is 39.4. The van der Waals surface area contributed by atoms with E-state index in [2.05, 4.69) is 31.9 Å². The molecule has 0 aliphatic carbocycles. The molecule has 0 bridgehead atoms. The van der Waals surface area contributed by atoms with Gasteiger partial charge in [-0.25, -0.2) is 0 Å². The number of ether oxygens (including phenoxy) is 1. The van der Waals surface area contributed by atoms with Crippen LogP contribution in [0, 0.1) is 0 Å². The monoisotopic (exact) mass is 629 g/mol. The Morgan fingerprint density at radius 1 is 0.829 bits per heavy atom. The largest absolute Gasteiger partial charge is 0.492 e. The van der Waals surface area contributed by atoms with E-state index < -0.39 is 11.8 Å². The van der Waals surface area contributed by atoms with Gasteiger partial charge in [0.25, 0.3) is 11.8 Å². The summed E-state index contributed by atoms with van der Waals surface area (Å²) in [6, 6.07) is 30.5. The van der Waals surface area contributed by atoms with Gasteiger partial charge >= 0.3 is 0 Å². The average Bonchev–Trinajstić information content (AvgIpc) is 2.99. The molecule has 0 heterocycles. The third-order valence-electron chi connectivity index (χ3n) is 5.65. The number of carbonyl (C=O) groups is 3. The lowest BCUT2D eigenvalue weighted by Crippen LogP contribution is -2.30. The molecule has 0 unspecified atom stereocenters. The van der Waals surface area contributed by atoms with Crippen molar-refractivity contribution >= 4 is 62.9 Å². The van der Waals surface area contributed by atoms with Crippen LogP contribution in [-0.4, -0.2) is 30.1 Å². The van der Waals surface area contributed by atoms with E-state index in [0.717, 1.165) is 14.9 Å². The van der Waals surface area contributed by atoms with Gasteiger partial charge in [0.05, 0.1) is 18.0 Å². The highest BCUT2D eigenvalue weighted by Crippen LogP contribution is 2.25. The molecule has 0 aliphatic rings. The summed E-state index contributed by atoms with van der Waals surface area (Å²) >= 11 is 4.78. The van der Waals surface area contributed by atoms with Crippen molar-refractivity contribution in [3.05, 3.63) is 124 Å². The molecule has 41 heavy (non-hydrogen) atoms. The summed E-state index contributed by atoms with van der Waals surface area (Å²) in [5.41, 5.74) is 2.47. The maximum Gasteiger partial charge on any atom is 0.272 e. The van der Waals surface area contributed by atoms with Crippen molar-refractivity contribution in [1.29, 1.82) is 0 Å². The molecule has 0 saturated heterocycles. The Kier molecular flexibility index (Phi) is 10.8. The van der Waals surface area contributed by atoms with Gasteiger partial charge in [0.15, 0.2) is 0 Å². The quantitative estimate of drug-likeness (QED) is 0.123. The van der Waals surface area contributed by atoms with E-state index in [-0.39, 0.29) is 17.4 Å². The fraction of sp³-hybridized carbons (Fsp3) is 0.0938. The summed E-state index contributed by atoms with van der Waals surface area (Å²) in [7, 11) is 0. The summed E-state index contributed by atoms with van der Waals surface area (Å²) in [5.74, 6) is -0.182. The number of nitrogens with one attached hydrogen (secondary N) is 3. The first-order valence-corrected chi connectivity index (χ1v) is 14.6. The van der Waals surface area contributed by atoms with Crippen LogP contribution in [0.2, 0.25) is 0 Å². The lowest BCUT2D eigenvalue weighted by molar-refractivity contribution is -0.114. The second-order valence-corrected chi connectivity index (χ2v) is 10.6. The van der Waals surface area contributed by atoms with Gasteiger partial charge < -0.3 is 20.7 Å². The molecule has 3 amide bonds. The number of carbonyl (C=O) groups excluding carboxylic acids is 3. The van der Waals surface area contributed by atoms with Gasteiger partial charge in [-0.1, -0.05) is 58.4 Å². The van der Waals surface area contributed by atoms with Crippen LogP contribution in [0.5, 0.6) is 5.75 Å². The van der Waals surface area contributed by atoms with Crippen molar-refractivity contribution in [3.8, 4) is 5.75 Å². The second-order valence-electron chi connectivity index (χ2n) is 8.67. The molecular weight excluding hydrogens is 602 g/mol. The van der Waals surface area contributed by atoms with E-state index in [1.54, 1.807) is 48.5 Å². The molecule has 0 aliphatic heterocycles. The van der Waals surface area contributed by atoms with Gasteiger partial charge in [-0.05, 0) is 79.2 Å². The Morgan fingerprint density at radius 2 is 1.51 bits per heavy atom. The fourth-order valence-electron chi connectivity index (χ4n) is 3.69. The van der Waals surface area contributed by atoms with Crippen LogP contribution in [0.4, 0.5) is 11.4 Å². The van der Waals surface area contributed by atoms with Crippen LogP contribution in [0.3, 0.4) is 0 Å². The average molecular weight is 631 g/mol.